The predicted molar refractivity (Wildman–Crippen MR) is 159 cm³/mol. The highest BCUT2D eigenvalue weighted by molar-refractivity contribution is 5.66. The highest BCUT2D eigenvalue weighted by Gasteiger charge is 2.42. The van der Waals surface area contributed by atoms with Gasteiger partial charge in [0.25, 0.3) is 0 Å². The molecule has 10 heteroatoms. The van der Waals surface area contributed by atoms with Crippen molar-refractivity contribution in [1.82, 2.24) is 5.32 Å². The maximum atomic E-state index is 12.3. The molecule has 0 spiro atoms. The first-order valence-electron chi connectivity index (χ1n) is 16.4. The Kier molecular flexibility index (Phi) is 15.0. The molecule has 6 unspecified atom stereocenters. The van der Waals surface area contributed by atoms with E-state index in [0.29, 0.717) is 43.4 Å². The molecule has 3 rings (SSSR count). The molecular weight excluding hydrogens is 540 g/mol. The zero-order valence-electron chi connectivity index (χ0n) is 26.1. The fourth-order valence-corrected chi connectivity index (χ4v) is 8.25. The van der Waals surface area contributed by atoms with Gasteiger partial charge in [0, 0.05) is 40.6 Å². The van der Waals surface area contributed by atoms with Gasteiger partial charge in [0.05, 0.1) is 18.4 Å². The second-order valence-electron chi connectivity index (χ2n) is 13.4. The molecule has 2 saturated carbocycles. The maximum Gasteiger partial charge on any atom is 0.302 e. The van der Waals surface area contributed by atoms with Crippen molar-refractivity contribution in [3.63, 3.8) is 0 Å². The Morgan fingerprint density at radius 3 is 2.31 bits per heavy atom. The van der Waals surface area contributed by atoms with E-state index in [1.807, 2.05) is 0 Å². The quantitative estimate of drug-likeness (QED) is 0.199. The molecule has 0 bridgehead atoms. The first kappa shape index (κ1) is 35.2. The van der Waals surface area contributed by atoms with Crippen LogP contribution in [0.3, 0.4) is 0 Å². The number of nitrogens with one attached hydrogen (secondary N) is 1. The molecule has 2 aliphatic carbocycles. The van der Waals surface area contributed by atoms with Crippen molar-refractivity contribution >= 4 is 11.9 Å². The minimum Gasteiger partial charge on any atom is -0.462 e. The summed E-state index contributed by atoms with van der Waals surface area (Å²) >= 11 is 0. The normalized spacial score (nSPS) is 35.8. The Balaban J connectivity index is 1.77. The number of ether oxygens (including phenoxy) is 3. The molecule has 0 radical (unpaired) electrons. The van der Waals surface area contributed by atoms with E-state index in [2.05, 4.69) is 5.32 Å². The lowest BCUT2D eigenvalue weighted by Crippen LogP contribution is -2.49. The molecule has 1 saturated heterocycles. The second kappa shape index (κ2) is 17.9. The van der Waals surface area contributed by atoms with Crippen molar-refractivity contribution in [2.75, 3.05) is 26.9 Å². The summed E-state index contributed by atoms with van der Waals surface area (Å²) in [4.78, 5) is 24.5. The Hall–Kier alpha value is -1.30. The standard InChI is InChI=1S/C32H58N2O8/c1-20(37)41-27(8-7-24-15-31(40-3)29(39)18-28(24)25-9-11-34-32(33)16-25)17-30(42-21(2)38)26-13-22(10-12-35)5-4-6-23(14-26)19-36/h22-32,34-36,39H,4-19,33H2,1-3H3/t22-,23-,24?,25?,26-,27-,28?,29?,30-,31?,32?/m1/s1. The van der Waals surface area contributed by atoms with Crippen LogP contribution in [0.2, 0.25) is 0 Å². The molecule has 10 nitrogen and oxygen atoms in total. The van der Waals surface area contributed by atoms with Gasteiger partial charge in [-0.05, 0) is 106 Å². The van der Waals surface area contributed by atoms with Crippen LogP contribution in [-0.2, 0) is 23.8 Å². The lowest BCUT2D eigenvalue weighted by atomic mass is 9.66. The summed E-state index contributed by atoms with van der Waals surface area (Å²) in [5, 5.41) is 33.8. The van der Waals surface area contributed by atoms with E-state index in [1.54, 1.807) is 7.11 Å². The van der Waals surface area contributed by atoms with Crippen LogP contribution >= 0.6 is 0 Å². The largest absolute Gasteiger partial charge is 0.462 e. The number of carbonyl (C=O) groups is 2. The van der Waals surface area contributed by atoms with Gasteiger partial charge < -0.3 is 40.6 Å². The van der Waals surface area contributed by atoms with Gasteiger partial charge in [-0.1, -0.05) is 12.8 Å². The van der Waals surface area contributed by atoms with Gasteiger partial charge in [0.2, 0.25) is 0 Å². The van der Waals surface area contributed by atoms with Crippen LogP contribution < -0.4 is 11.1 Å². The summed E-state index contributed by atoms with van der Waals surface area (Å²) in [5.74, 6) is 0.731. The number of aliphatic hydroxyl groups excluding tert-OH is 3. The molecule has 6 N–H and O–H groups in total. The molecule has 1 aliphatic heterocycles. The van der Waals surface area contributed by atoms with Crippen molar-refractivity contribution in [2.45, 2.75) is 128 Å². The molecule has 244 valence electrons. The molecule has 3 fully saturated rings. The van der Waals surface area contributed by atoms with Gasteiger partial charge >= 0.3 is 11.9 Å². The first-order valence-corrected chi connectivity index (χ1v) is 16.4. The fourth-order valence-electron chi connectivity index (χ4n) is 8.25. The van der Waals surface area contributed by atoms with E-state index >= 15 is 0 Å². The summed E-state index contributed by atoms with van der Waals surface area (Å²) in [6.07, 6.45) is 8.62. The van der Waals surface area contributed by atoms with Crippen LogP contribution in [0, 0.1) is 35.5 Å². The molecule has 0 aromatic rings. The van der Waals surface area contributed by atoms with Gasteiger partial charge in [0.1, 0.15) is 12.2 Å². The lowest BCUT2D eigenvalue weighted by Gasteiger charge is -2.45. The monoisotopic (exact) mass is 598 g/mol. The summed E-state index contributed by atoms with van der Waals surface area (Å²) < 4.78 is 17.5. The van der Waals surface area contributed by atoms with E-state index in [1.165, 1.54) is 13.8 Å². The van der Waals surface area contributed by atoms with Crippen molar-refractivity contribution in [1.29, 1.82) is 0 Å². The third kappa shape index (κ3) is 11.0. The smallest absolute Gasteiger partial charge is 0.302 e. The molecule has 0 amide bonds. The van der Waals surface area contributed by atoms with E-state index in [4.69, 9.17) is 19.9 Å². The highest BCUT2D eigenvalue weighted by atomic mass is 16.6. The van der Waals surface area contributed by atoms with Crippen LogP contribution in [-0.4, -0.2) is 84.7 Å². The van der Waals surface area contributed by atoms with E-state index < -0.39 is 18.3 Å². The first-order chi connectivity index (χ1) is 20.1. The number of hydrogen-bond donors (Lipinski definition) is 5. The molecule has 42 heavy (non-hydrogen) atoms. The third-order valence-electron chi connectivity index (χ3n) is 10.3. The minimum atomic E-state index is -0.509. The SMILES string of the molecule is COC1CC(CC[C@H](C[C@@H](OC(C)=O)[C@@H]2C[C@@H](CCO)CCC[C@@H](CO)C2)OC(C)=O)C(C2CCNC(N)C2)CC1O. The van der Waals surface area contributed by atoms with Crippen molar-refractivity contribution in [2.24, 2.45) is 41.2 Å². The molecular formula is C32H58N2O8. The number of carbonyl (C=O) groups excluding carboxylic acids is 2. The minimum absolute atomic E-state index is 0.00707. The number of piperidine rings is 1. The Bertz CT molecular complexity index is 815. The van der Waals surface area contributed by atoms with E-state index in [9.17, 15) is 24.9 Å². The molecule has 11 atom stereocenters. The second-order valence-corrected chi connectivity index (χ2v) is 13.4. The number of hydrogen-bond acceptors (Lipinski definition) is 10. The zero-order valence-corrected chi connectivity index (χ0v) is 26.1. The summed E-state index contributed by atoms with van der Waals surface area (Å²) in [7, 11) is 1.65. The Labute approximate surface area is 252 Å². The van der Waals surface area contributed by atoms with Gasteiger partial charge in [-0.15, -0.1) is 0 Å². The van der Waals surface area contributed by atoms with Crippen molar-refractivity contribution in [3.05, 3.63) is 0 Å². The average molecular weight is 599 g/mol. The van der Waals surface area contributed by atoms with Crippen LogP contribution in [0.25, 0.3) is 0 Å². The van der Waals surface area contributed by atoms with Crippen LogP contribution in [0.5, 0.6) is 0 Å². The zero-order chi connectivity index (χ0) is 30.6. The summed E-state index contributed by atoms with van der Waals surface area (Å²) in [5.41, 5.74) is 6.25. The number of methoxy groups -OCH3 is 1. The number of esters is 2. The molecule has 0 aromatic heterocycles. The Morgan fingerprint density at radius 1 is 0.952 bits per heavy atom. The van der Waals surface area contributed by atoms with Gasteiger partial charge in [0.15, 0.2) is 0 Å². The van der Waals surface area contributed by atoms with Gasteiger partial charge in [-0.2, -0.15) is 0 Å². The molecule has 0 aromatic carbocycles. The van der Waals surface area contributed by atoms with Crippen molar-refractivity contribution in [3.8, 4) is 0 Å². The van der Waals surface area contributed by atoms with Crippen LogP contribution in [0.15, 0.2) is 0 Å². The van der Waals surface area contributed by atoms with Crippen LogP contribution in [0.4, 0.5) is 0 Å². The molecule has 3 aliphatic rings. The predicted octanol–water partition coefficient (Wildman–Crippen LogP) is 2.89. The third-order valence-corrected chi connectivity index (χ3v) is 10.3. The number of nitrogens with two attached hydrogens (primary N) is 1. The summed E-state index contributed by atoms with van der Waals surface area (Å²) in [6, 6.07) is 0. The Morgan fingerprint density at radius 2 is 1.67 bits per heavy atom. The number of aliphatic hydroxyl groups is 3. The van der Waals surface area contributed by atoms with Gasteiger partial charge in [-0.25, -0.2) is 0 Å². The topological polar surface area (TPSA) is 161 Å². The summed E-state index contributed by atoms with van der Waals surface area (Å²) in [6.45, 7) is 3.92. The van der Waals surface area contributed by atoms with E-state index in [-0.39, 0.29) is 55.2 Å². The number of rotatable bonds is 13. The lowest BCUT2D eigenvalue weighted by molar-refractivity contribution is -0.157. The van der Waals surface area contributed by atoms with E-state index in [0.717, 1.165) is 64.3 Å². The van der Waals surface area contributed by atoms with Crippen molar-refractivity contribution < 1.29 is 39.1 Å². The highest BCUT2D eigenvalue weighted by Crippen LogP contribution is 2.43. The fraction of sp³-hybridized carbons (Fsp3) is 0.938. The maximum absolute atomic E-state index is 12.3. The van der Waals surface area contributed by atoms with Gasteiger partial charge in [-0.3, -0.25) is 9.59 Å². The average Bonchev–Trinajstić information content (AvgIpc) is 2.92. The van der Waals surface area contributed by atoms with Crippen LogP contribution in [0.1, 0.15) is 97.3 Å². The molecule has 1 heterocycles.